The highest BCUT2D eigenvalue weighted by molar-refractivity contribution is 4.92. The summed E-state index contributed by atoms with van der Waals surface area (Å²) in [6.07, 6.45) is 14.2. The molecule has 98 valence electrons. The van der Waals surface area contributed by atoms with Crippen molar-refractivity contribution in [1.29, 1.82) is 0 Å². The first-order valence-corrected chi connectivity index (χ1v) is 7.86. The second-order valence-corrected chi connectivity index (χ2v) is 6.57. The third-order valence-corrected chi connectivity index (χ3v) is 5.44. The molecule has 4 atom stereocenters. The first kappa shape index (κ1) is 12.0. The van der Waals surface area contributed by atoms with E-state index < -0.39 is 0 Å². The quantitative estimate of drug-likeness (QED) is 0.758. The molecule has 17 heavy (non-hydrogen) atoms. The van der Waals surface area contributed by atoms with E-state index in [1.165, 1.54) is 70.8 Å². The summed E-state index contributed by atoms with van der Waals surface area (Å²) in [7, 11) is 0. The van der Waals surface area contributed by atoms with Gasteiger partial charge in [-0.05, 0) is 57.4 Å². The molecule has 2 saturated carbocycles. The third kappa shape index (κ3) is 2.53. The van der Waals surface area contributed by atoms with Gasteiger partial charge in [-0.3, -0.25) is 4.90 Å². The third-order valence-electron chi connectivity index (χ3n) is 5.44. The van der Waals surface area contributed by atoms with Gasteiger partial charge >= 0.3 is 0 Å². The maximum Gasteiger partial charge on any atom is 0.0126 e. The number of hydrogen-bond donors (Lipinski definition) is 1. The van der Waals surface area contributed by atoms with E-state index in [1.54, 1.807) is 0 Å². The van der Waals surface area contributed by atoms with Crippen LogP contribution in [0.4, 0.5) is 0 Å². The first-order valence-electron chi connectivity index (χ1n) is 7.86. The number of hydrogen-bond acceptors (Lipinski definition) is 2. The highest BCUT2D eigenvalue weighted by atomic mass is 15.2. The Bertz CT molecular complexity index is 251. The van der Waals surface area contributed by atoms with Crippen LogP contribution in [0.1, 0.15) is 64.2 Å². The summed E-state index contributed by atoms with van der Waals surface area (Å²) in [5.74, 6) is 1.02. The van der Waals surface area contributed by atoms with E-state index in [4.69, 9.17) is 5.73 Å². The molecule has 2 N–H and O–H groups in total. The van der Waals surface area contributed by atoms with Crippen LogP contribution in [0.15, 0.2) is 0 Å². The molecule has 1 heterocycles. The number of piperidine rings is 1. The van der Waals surface area contributed by atoms with Crippen molar-refractivity contribution in [3.63, 3.8) is 0 Å². The fourth-order valence-electron chi connectivity index (χ4n) is 4.62. The standard InChI is InChI=1S/C15H28N2/c16-13-7-3-8-14(11-13)17-10-4-6-12-5-1-2-9-15(12)17/h12-15H,1-11,16H2. The van der Waals surface area contributed by atoms with Crippen LogP contribution in [0.2, 0.25) is 0 Å². The molecule has 0 aromatic heterocycles. The molecule has 2 heteroatoms. The summed E-state index contributed by atoms with van der Waals surface area (Å²) >= 11 is 0. The van der Waals surface area contributed by atoms with Crippen LogP contribution in [0.25, 0.3) is 0 Å². The van der Waals surface area contributed by atoms with Crippen molar-refractivity contribution in [2.45, 2.75) is 82.3 Å². The molecule has 0 aromatic rings. The molecule has 0 radical (unpaired) electrons. The molecule has 3 aliphatic rings. The lowest BCUT2D eigenvalue weighted by atomic mass is 9.76. The average Bonchev–Trinajstić information content (AvgIpc) is 2.38. The van der Waals surface area contributed by atoms with Crippen LogP contribution >= 0.6 is 0 Å². The van der Waals surface area contributed by atoms with Gasteiger partial charge in [0.25, 0.3) is 0 Å². The van der Waals surface area contributed by atoms with Gasteiger partial charge in [0.15, 0.2) is 0 Å². The van der Waals surface area contributed by atoms with E-state index in [0.717, 1.165) is 18.0 Å². The van der Waals surface area contributed by atoms with E-state index in [0.29, 0.717) is 6.04 Å². The fourth-order valence-corrected chi connectivity index (χ4v) is 4.62. The fraction of sp³-hybridized carbons (Fsp3) is 1.00. The summed E-state index contributed by atoms with van der Waals surface area (Å²) in [6.45, 7) is 1.36. The maximum absolute atomic E-state index is 6.17. The number of likely N-dealkylation sites (tertiary alicyclic amines) is 1. The minimum absolute atomic E-state index is 0.484. The van der Waals surface area contributed by atoms with Crippen molar-refractivity contribution in [3.05, 3.63) is 0 Å². The Morgan fingerprint density at radius 1 is 0.824 bits per heavy atom. The van der Waals surface area contributed by atoms with Crippen LogP contribution < -0.4 is 5.73 Å². The Hall–Kier alpha value is -0.0800. The van der Waals surface area contributed by atoms with Gasteiger partial charge in [0.05, 0.1) is 0 Å². The molecule has 0 bridgehead atoms. The Morgan fingerprint density at radius 3 is 2.53 bits per heavy atom. The van der Waals surface area contributed by atoms with Crippen molar-refractivity contribution in [2.75, 3.05) is 6.54 Å². The highest BCUT2D eigenvalue weighted by Gasteiger charge is 2.37. The molecule has 3 rings (SSSR count). The SMILES string of the molecule is NC1CCCC(N2CCCC3CCCCC32)C1. The molecular weight excluding hydrogens is 208 g/mol. The van der Waals surface area contributed by atoms with E-state index in [9.17, 15) is 0 Å². The van der Waals surface area contributed by atoms with E-state index in [-0.39, 0.29) is 0 Å². The Balaban J connectivity index is 1.67. The predicted octanol–water partition coefficient (Wildman–Crippen LogP) is 2.91. The minimum atomic E-state index is 0.484. The smallest absolute Gasteiger partial charge is 0.0126 e. The van der Waals surface area contributed by atoms with Gasteiger partial charge in [-0.25, -0.2) is 0 Å². The second-order valence-electron chi connectivity index (χ2n) is 6.57. The van der Waals surface area contributed by atoms with Crippen molar-refractivity contribution in [2.24, 2.45) is 11.7 Å². The highest BCUT2D eigenvalue weighted by Crippen LogP contribution is 2.38. The summed E-state index contributed by atoms with van der Waals surface area (Å²) in [6, 6.07) is 2.23. The number of rotatable bonds is 1. The summed E-state index contributed by atoms with van der Waals surface area (Å²) in [5.41, 5.74) is 6.17. The van der Waals surface area contributed by atoms with Crippen molar-refractivity contribution in [3.8, 4) is 0 Å². The maximum atomic E-state index is 6.17. The molecular formula is C15H28N2. The van der Waals surface area contributed by atoms with Gasteiger partial charge in [0.1, 0.15) is 0 Å². The average molecular weight is 236 g/mol. The summed E-state index contributed by atoms with van der Waals surface area (Å²) in [4.78, 5) is 2.88. The molecule has 1 aliphatic heterocycles. The monoisotopic (exact) mass is 236 g/mol. The molecule has 2 aliphatic carbocycles. The van der Waals surface area contributed by atoms with Crippen molar-refractivity contribution >= 4 is 0 Å². The second kappa shape index (κ2) is 5.27. The zero-order valence-electron chi connectivity index (χ0n) is 11.1. The lowest BCUT2D eigenvalue weighted by Gasteiger charge is -2.49. The summed E-state index contributed by atoms with van der Waals surface area (Å²) < 4.78 is 0. The van der Waals surface area contributed by atoms with Crippen LogP contribution in [0.5, 0.6) is 0 Å². The van der Waals surface area contributed by atoms with E-state index in [1.807, 2.05) is 0 Å². The Morgan fingerprint density at radius 2 is 1.65 bits per heavy atom. The number of nitrogens with zero attached hydrogens (tertiary/aromatic N) is 1. The number of fused-ring (bicyclic) bond motifs is 1. The van der Waals surface area contributed by atoms with Crippen molar-refractivity contribution < 1.29 is 0 Å². The van der Waals surface area contributed by atoms with E-state index in [2.05, 4.69) is 4.90 Å². The predicted molar refractivity (Wildman–Crippen MR) is 71.9 cm³/mol. The zero-order valence-corrected chi connectivity index (χ0v) is 11.1. The van der Waals surface area contributed by atoms with Gasteiger partial charge in [-0.2, -0.15) is 0 Å². The topological polar surface area (TPSA) is 29.3 Å². The lowest BCUT2D eigenvalue weighted by Crippen LogP contribution is -2.53. The van der Waals surface area contributed by atoms with Crippen molar-refractivity contribution in [1.82, 2.24) is 4.90 Å². The zero-order chi connectivity index (χ0) is 11.7. The minimum Gasteiger partial charge on any atom is -0.328 e. The van der Waals surface area contributed by atoms with Gasteiger partial charge in [0, 0.05) is 18.1 Å². The Labute approximate surface area is 106 Å². The van der Waals surface area contributed by atoms with Crippen LogP contribution in [0, 0.1) is 5.92 Å². The molecule has 0 spiro atoms. The van der Waals surface area contributed by atoms with Gasteiger partial charge in [-0.15, -0.1) is 0 Å². The van der Waals surface area contributed by atoms with Gasteiger partial charge in [0.2, 0.25) is 0 Å². The van der Waals surface area contributed by atoms with E-state index >= 15 is 0 Å². The largest absolute Gasteiger partial charge is 0.328 e. The molecule has 1 saturated heterocycles. The molecule has 2 nitrogen and oxygen atoms in total. The molecule has 3 fully saturated rings. The normalized spacial score (nSPS) is 44.3. The van der Waals surface area contributed by atoms with Gasteiger partial charge < -0.3 is 5.73 Å². The van der Waals surface area contributed by atoms with Crippen LogP contribution in [0.3, 0.4) is 0 Å². The van der Waals surface area contributed by atoms with Crippen LogP contribution in [-0.2, 0) is 0 Å². The molecule has 4 unspecified atom stereocenters. The molecule has 0 amide bonds. The summed E-state index contributed by atoms with van der Waals surface area (Å²) in [5, 5.41) is 0. The number of nitrogens with two attached hydrogens (primary N) is 1. The first-order chi connectivity index (χ1) is 8.34. The van der Waals surface area contributed by atoms with Gasteiger partial charge in [-0.1, -0.05) is 19.3 Å². The Kier molecular flexibility index (Phi) is 3.72. The lowest BCUT2D eigenvalue weighted by molar-refractivity contribution is 0.0107. The van der Waals surface area contributed by atoms with Crippen LogP contribution in [-0.4, -0.2) is 29.6 Å². The molecule has 0 aromatic carbocycles.